The van der Waals surface area contributed by atoms with Gasteiger partial charge in [-0.25, -0.2) is 8.42 Å². The Labute approximate surface area is 164 Å². The van der Waals surface area contributed by atoms with Crippen molar-refractivity contribution in [2.45, 2.75) is 36.3 Å². The lowest BCUT2D eigenvalue weighted by Gasteiger charge is -2.18. The molecule has 1 N–H and O–H groups in total. The Morgan fingerprint density at radius 1 is 1.19 bits per heavy atom. The van der Waals surface area contributed by atoms with Crippen molar-refractivity contribution in [3.63, 3.8) is 0 Å². The summed E-state index contributed by atoms with van der Waals surface area (Å²) in [6.45, 7) is 0.624. The quantitative estimate of drug-likeness (QED) is 0.704. The molecule has 0 saturated carbocycles. The molecule has 1 aromatic carbocycles. The van der Waals surface area contributed by atoms with Crippen molar-refractivity contribution >= 4 is 33.0 Å². The third kappa shape index (κ3) is 4.78. The highest BCUT2D eigenvalue weighted by Gasteiger charge is 2.22. The molecule has 0 fully saturated rings. The topological polar surface area (TPSA) is 66.5 Å². The fraction of sp³-hybridized carbons (Fsp3) is 0.350. The van der Waals surface area contributed by atoms with Gasteiger partial charge in [0.15, 0.2) is 0 Å². The average molecular weight is 405 g/mol. The van der Waals surface area contributed by atoms with Crippen LogP contribution in [0.1, 0.15) is 42.5 Å². The van der Waals surface area contributed by atoms with Crippen LogP contribution in [0.4, 0.5) is 5.69 Å². The largest absolute Gasteiger partial charge is 0.352 e. The zero-order chi connectivity index (χ0) is 19.3. The molecule has 27 heavy (non-hydrogen) atoms. The van der Waals surface area contributed by atoms with E-state index in [0.717, 1.165) is 19.3 Å². The molecule has 0 bridgehead atoms. The molecule has 7 heteroatoms. The van der Waals surface area contributed by atoms with E-state index in [4.69, 9.17) is 0 Å². The maximum atomic E-state index is 12.6. The van der Waals surface area contributed by atoms with E-state index in [2.05, 4.69) is 11.4 Å². The molecule has 0 unspecified atom stereocenters. The molecule has 1 heterocycles. The van der Waals surface area contributed by atoms with Gasteiger partial charge in [-0.2, -0.15) is 0 Å². The molecule has 0 spiro atoms. The lowest BCUT2D eigenvalue weighted by Crippen LogP contribution is -2.26. The third-order valence-corrected chi connectivity index (χ3v) is 7.88. The van der Waals surface area contributed by atoms with Crippen molar-refractivity contribution < 1.29 is 13.2 Å². The Balaban J connectivity index is 1.59. The number of allylic oxidation sites excluding steroid dienone is 1. The fourth-order valence-corrected chi connectivity index (χ4v) is 5.43. The van der Waals surface area contributed by atoms with E-state index in [9.17, 15) is 13.2 Å². The summed E-state index contributed by atoms with van der Waals surface area (Å²) in [5.41, 5.74) is 2.47. The minimum Gasteiger partial charge on any atom is -0.352 e. The predicted molar refractivity (Wildman–Crippen MR) is 110 cm³/mol. The molecule has 144 valence electrons. The second kappa shape index (κ2) is 8.71. The number of hydrogen-bond donors (Lipinski definition) is 1. The molecule has 3 rings (SSSR count). The van der Waals surface area contributed by atoms with E-state index in [-0.39, 0.29) is 5.91 Å². The van der Waals surface area contributed by atoms with E-state index < -0.39 is 10.0 Å². The minimum atomic E-state index is -3.56. The van der Waals surface area contributed by atoms with E-state index in [0.29, 0.717) is 22.0 Å². The van der Waals surface area contributed by atoms with Gasteiger partial charge in [-0.15, -0.1) is 11.3 Å². The Morgan fingerprint density at radius 3 is 2.59 bits per heavy atom. The second-order valence-corrected chi connectivity index (χ2v) is 9.71. The van der Waals surface area contributed by atoms with Gasteiger partial charge in [0.2, 0.25) is 0 Å². The molecule has 5 nitrogen and oxygen atoms in total. The Bertz CT molecular complexity index is 901. The molecule has 1 aromatic heterocycles. The molecule has 1 aliphatic carbocycles. The summed E-state index contributed by atoms with van der Waals surface area (Å²) in [5.74, 6) is -0.137. The van der Waals surface area contributed by atoms with E-state index in [1.54, 1.807) is 41.8 Å². The highest BCUT2D eigenvalue weighted by molar-refractivity contribution is 7.94. The van der Waals surface area contributed by atoms with Crippen molar-refractivity contribution in [1.29, 1.82) is 0 Å². The molecule has 0 atom stereocenters. The molecular formula is C20H24N2O3S2. The van der Waals surface area contributed by atoms with E-state index >= 15 is 0 Å². The maximum absolute atomic E-state index is 12.6. The lowest BCUT2D eigenvalue weighted by molar-refractivity contribution is 0.0954. The summed E-state index contributed by atoms with van der Waals surface area (Å²) in [7, 11) is -2.05. The van der Waals surface area contributed by atoms with Gasteiger partial charge in [0, 0.05) is 19.2 Å². The maximum Gasteiger partial charge on any atom is 0.273 e. The number of nitrogens with one attached hydrogen (secondary N) is 1. The standard InChI is InChI=1S/C20H24N2O3S2/c1-22(27(24,25)19-8-5-15-26-19)18-11-9-17(10-12-18)20(23)21-14-13-16-6-3-2-4-7-16/h5-6,8-12,15H,2-4,7,13-14H2,1H3,(H,21,23). The van der Waals surface area contributed by atoms with Gasteiger partial charge in [-0.1, -0.05) is 17.7 Å². The van der Waals surface area contributed by atoms with Gasteiger partial charge in [-0.3, -0.25) is 9.10 Å². The van der Waals surface area contributed by atoms with Crippen LogP contribution in [0.25, 0.3) is 0 Å². The van der Waals surface area contributed by atoms with Crippen molar-refractivity contribution in [3.05, 3.63) is 59.0 Å². The number of thiophene rings is 1. The first-order valence-electron chi connectivity index (χ1n) is 9.07. The summed E-state index contributed by atoms with van der Waals surface area (Å²) in [6, 6.07) is 9.92. The minimum absolute atomic E-state index is 0.137. The van der Waals surface area contributed by atoms with Crippen molar-refractivity contribution in [2.24, 2.45) is 0 Å². The van der Waals surface area contributed by atoms with Gasteiger partial charge < -0.3 is 5.32 Å². The van der Waals surface area contributed by atoms with E-state index in [1.165, 1.54) is 41.1 Å². The third-order valence-electron chi connectivity index (χ3n) is 4.72. The van der Waals surface area contributed by atoms with Crippen LogP contribution in [0.2, 0.25) is 0 Å². The van der Waals surface area contributed by atoms with Gasteiger partial charge >= 0.3 is 0 Å². The number of rotatable bonds is 7. The number of nitrogens with zero attached hydrogens (tertiary/aromatic N) is 1. The van der Waals surface area contributed by atoms with Gasteiger partial charge in [0.25, 0.3) is 15.9 Å². The molecule has 1 amide bonds. The Hall–Kier alpha value is -2.12. The van der Waals surface area contributed by atoms with Gasteiger partial charge in [-0.05, 0) is 67.8 Å². The smallest absolute Gasteiger partial charge is 0.273 e. The van der Waals surface area contributed by atoms with Crippen molar-refractivity contribution in [3.8, 4) is 0 Å². The first kappa shape index (κ1) is 19.6. The van der Waals surface area contributed by atoms with E-state index in [1.807, 2.05) is 0 Å². The zero-order valence-electron chi connectivity index (χ0n) is 15.3. The van der Waals surface area contributed by atoms with Crippen LogP contribution in [0, 0.1) is 0 Å². The second-order valence-electron chi connectivity index (χ2n) is 6.57. The highest BCUT2D eigenvalue weighted by Crippen LogP contribution is 2.25. The van der Waals surface area contributed by atoms with Crippen LogP contribution in [0.15, 0.2) is 57.6 Å². The number of anilines is 1. The van der Waals surface area contributed by atoms with Crippen molar-refractivity contribution in [1.82, 2.24) is 5.32 Å². The van der Waals surface area contributed by atoms with Crippen LogP contribution in [0.5, 0.6) is 0 Å². The molecule has 0 radical (unpaired) electrons. The SMILES string of the molecule is CN(c1ccc(C(=O)NCCC2=CCCCC2)cc1)S(=O)(=O)c1cccs1. The summed E-state index contributed by atoms with van der Waals surface area (Å²) in [5, 5.41) is 4.67. The average Bonchev–Trinajstić information content (AvgIpc) is 3.24. The first-order valence-corrected chi connectivity index (χ1v) is 11.4. The van der Waals surface area contributed by atoms with Gasteiger partial charge in [0.1, 0.15) is 4.21 Å². The molecule has 0 saturated heterocycles. The van der Waals surface area contributed by atoms with Crippen LogP contribution in [-0.2, 0) is 10.0 Å². The van der Waals surface area contributed by atoms with Crippen molar-refractivity contribution in [2.75, 3.05) is 17.9 Å². The Morgan fingerprint density at radius 2 is 1.96 bits per heavy atom. The normalized spacial score (nSPS) is 14.5. The summed E-state index contributed by atoms with van der Waals surface area (Å²) >= 11 is 1.18. The lowest BCUT2D eigenvalue weighted by atomic mass is 9.97. The summed E-state index contributed by atoms with van der Waals surface area (Å²) in [6.07, 6.45) is 7.96. The molecular weight excluding hydrogens is 380 g/mol. The van der Waals surface area contributed by atoms with Gasteiger partial charge in [0.05, 0.1) is 5.69 Å². The zero-order valence-corrected chi connectivity index (χ0v) is 17.0. The van der Waals surface area contributed by atoms with Crippen LogP contribution in [-0.4, -0.2) is 27.9 Å². The molecule has 0 aliphatic heterocycles. The highest BCUT2D eigenvalue weighted by atomic mass is 32.2. The summed E-state index contributed by atoms with van der Waals surface area (Å²) in [4.78, 5) is 12.3. The number of carbonyl (C=O) groups excluding carboxylic acids is 1. The monoisotopic (exact) mass is 404 g/mol. The number of carbonyl (C=O) groups is 1. The van der Waals surface area contributed by atoms with Crippen LogP contribution >= 0.6 is 11.3 Å². The predicted octanol–water partition coefficient (Wildman–Crippen LogP) is 4.19. The molecule has 2 aromatic rings. The number of hydrogen-bond acceptors (Lipinski definition) is 4. The number of benzene rings is 1. The Kier molecular flexibility index (Phi) is 6.34. The number of amides is 1. The summed E-state index contributed by atoms with van der Waals surface area (Å²) < 4.78 is 26.6. The fourth-order valence-electron chi connectivity index (χ4n) is 3.08. The van der Waals surface area contributed by atoms with Crippen LogP contribution < -0.4 is 9.62 Å². The molecule has 1 aliphatic rings. The number of sulfonamides is 1. The first-order chi connectivity index (χ1) is 13.0. The van der Waals surface area contributed by atoms with Crippen LogP contribution in [0.3, 0.4) is 0 Å².